The topological polar surface area (TPSA) is 15.8 Å². The lowest BCUT2D eigenvalue weighted by Crippen LogP contribution is -2.13. The highest BCUT2D eigenvalue weighted by atomic mass is 14.6. The molecule has 2 unspecified atom stereocenters. The van der Waals surface area contributed by atoms with Crippen molar-refractivity contribution in [3.63, 3.8) is 0 Å². The van der Waals surface area contributed by atoms with Gasteiger partial charge in [-0.3, -0.25) is 0 Å². The summed E-state index contributed by atoms with van der Waals surface area (Å²) in [7, 11) is 0. The summed E-state index contributed by atoms with van der Waals surface area (Å²) in [5.41, 5.74) is 3.08. The van der Waals surface area contributed by atoms with E-state index in [4.69, 9.17) is 0 Å². The fourth-order valence-corrected chi connectivity index (χ4v) is 1.99. The molecule has 1 aliphatic carbocycles. The Kier molecular flexibility index (Phi) is 3.58. The van der Waals surface area contributed by atoms with Gasteiger partial charge in [-0.1, -0.05) is 27.7 Å². The van der Waals surface area contributed by atoms with Gasteiger partial charge in [0.25, 0.3) is 0 Å². The van der Waals surface area contributed by atoms with Crippen molar-refractivity contribution in [1.29, 1.82) is 0 Å². The van der Waals surface area contributed by atoms with E-state index >= 15 is 0 Å². The third-order valence-corrected chi connectivity index (χ3v) is 3.08. The summed E-state index contributed by atoms with van der Waals surface area (Å²) in [6.07, 6.45) is 6.93. The molecule has 0 aromatic carbocycles. The van der Waals surface area contributed by atoms with Crippen LogP contribution in [-0.2, 0) is 6.42 Å². The Morgan fingerprint density at radius 2 is 1.92 bits per heavy atom. The molecule has 0 bridgehead atoms. The molecule has 0 amide bonds. The molecule has 1 aliphatic rings. The van der Waals surface area contributed by atoms with Gasteiger partial charge < -0.3 is 4.98 Å². The zero-order valence-electron chi connectivity index (χ0n) is 9.22. The Morgan fingerprint density at radius 1 is 1.23 bits per heavy atom. The van der Waals surface area contributed by atoms with Crippen LogP contribution in [0.15, 0.2) is 12.4 Å². The second-order valence-corrected chi connectivity index (χ2v) is 3.74. The fraction of sp³-hybridized carbons (Fsp3) is 0.667. The predicted octanol–water partition coefficient (Wildman–Crippen LogP) is 3.73. The number of nitrogens with one attached hydrogen (secondary N) is 1. The number of aromatic nitrogens is 1. The zero-order chi connectivity index (χ0) is 9.84. The summed E-state index contributed by atoms with van der Waals surface area (Å²) in [5.74, 6) is 1.61. The van der Waals surface area contributed by atoms with E-state index in [-0.39, 0.29) is 0 Å². The van der Waals surface area contributed by atoms with Crippen LogP contribution in [0, 0.1) is 5.92 Å². The molecule has 2 atom stereocenters. The molecule has 1 aromatic heterocycles. The van der Waals surface area contributed by atoms with E-state index in [1.807, 2.05) is 13.8 Å². The van der Waals surface area contributed by atoms with Gasteiger partial charge in [0.05, 0.1) is 0 Å². The molecular weight excluding hydrogens is 158 g/mol. The second kappa shape index (κ2) is 4.50. The average Bonchev–Trinajstić information content (AvgIpc) is 2.63. The first-order valence-electron chi connectivity index (χ1n) is 5.44. The SMILES string of the molecule is CC.CC1CCc2c[nH]cc2C1C. The van der Waals surface area contributed by atoms with Gasteiger partial charge in [0.1, 0.15) is 0 Å². The van der Waals surface area contributed by atoms with Crippen LogP contribution in [0.1, 0.15) is 51.2 Å². The summed E-state index contributed by atoms with van der Waals surface area (Å²) in [4.78, 5) is 3.19. The van der Waals surface area contributed by atoms with Crippen molar-refractivity contribution in [3.05, 3.63) is 23.5 Å². The van der Waals surface area contributed by atoms with Gasteiger partial charge in [0.15, 0.2) is 0 Å². The van der Waals surface area contributed by atoms with Crippen molar-refractivity contribution >= 4 is 0 Å². The number of H-pyrrole nitrogens is 1. The zero-order valence-corrected chi connectivity index (χ0v) is 9.22. The van der Waals surface area contributed by atoms with Crippen LogP contribution in [0.5, 0.6) is 0 Å². The lowest BCUT2D eigenvalue weighted by Gasteiger charge is -2.25. The number of hydrogen-bond donors (Lipinski definition) is 1. The largest absolute Gasteiger partial charge is 0.367 e. The second-order valence-electron chi connectivity index (χ2n) is 3.74. The van der Waals surface area contributed by atoms with Crippen LogP contribution in [-0.4, -0.2) is 4.98 Å². The number of aromatic amines is 1. The Hall–Kier alpha value is -0.720. The Balaban J connectivity index is 0.000000396. The predicted molar refractivity (Wildman–Crippen MR) is 58.0 cm³/mol. The highest BCUT2D eigenvalue weighted by Gasteiger charge is 2.22. The highest BCUT2D eigenvalue weighted by molar-refractivity contribution is 5.29. The smallest absolute Gasteiger partial charge is 0.00430 e. The normalized spacial score (nSPS) is 25.8. The lowest BCUT2D eigenvalue weighted by atomic mass is 9.79. The highest BCUT2D eigenvalue weighted by Crippen LogP contribution is 2.34. The molecule has 1 aromatic rings. The molecule has 0 aliphatic heterocycles. The maximum Gasteiger partial charge on any atom is 0.00430 e. The van der Waals surface area contributed by atoms with Crippen molar-refractivity contribution in [2.75, 3.05) is 0 Å². The molecule has 1 heteroatoms. The molecule has 1 nitrogen and oxygen atoms in total. The third kappa shape index (κ3) is 1.96. The van der Waals surface area contributed by atoms with Gasteiger partial charge >= 0.3 is 0 Å². The van der Waals surface area contributed by atoms with E-state index in [0.717, 1.165) is 11.8 Å². The molecule has 0 radical (unpaired) electrons. The summed E-state index contributed by atoms with van der Waals surface area (Å²) in [6.45, 7) is 8.68. The van der Waals surface area contributed by atoms with Crippen LogP contribution in [0.3, 0.4) is 0 Å². The van der Waals surface area contributed by atoms with Crippen molar-refractivity contribution < 1.29 is 0 Å². The molecule has 0 fully saturated rings. The fourth-order valence-electron chi connectivity index (χ4n) is 1.99. The summed E-state index contributed by atoms with van der Waals surface area (Å²) in [5, 5.41) is 0. The maximum absolute atomic E-state index is 3.19. The molecule has 74 valence electrons. The van der Waals surface area contributed by atoms with Crippen LogP contribution in [0.2, 0.25) is 0 Å². The Labute approximate surface area is 81.6 Å². The molecule has 1 heterocycles. The minimum atomic E-state index is 0.755. The van der Waals surface area contributed by atoms with E-state index in [1.165, 1.54) is 18.4 Å². The Bertz CT molecular complexity index is 249. The van der Waals surface area contributed by atoms with Gasteiger partial charge in [-0.05, 0) is 35.8 Å². The quantitative estimate of drug-likeness (QED) is 0.624. The molecule has 13 heavy (non-hydrogen) atoms. The Morgan fingerprint density at radius 3 is 2.62 bits per heavy atom. The summed E-state index contributed by atoms with van der Waals surface area (Å²) in [6, 6.07) is 0. The van der Waals surface area contributed by atoms with Gasteiger partial charge in [0, 0.05) is 12.4 Å². The van der Waals surface area contributed by atoms with Gasteiger partial charge in [-0.2, -0.15) is 0 Å². The summed E-state index contributed by atoms with van der Waals surface area (Å²) < 4.78 is 0. The van der Waals surface area contributed by atoms with E-state index in [9.17, 15) is 0 Å². The van der Waals surface area contributed by atoms with Gasteiger partial charge in [-0.25, -0.2) is 0 Å². The number of fused-ring (bicyclic) bond motifs is 1. The van der Waals surface area contributed by atoms with E-state index in [2.05, 4.69) is 31.2 Å². The first kappa shape index (κ1) is 10.4. The van der Waals surface area contributed by atoms with E-state index in [1.54, 1.807) is 5.56 Å². The van der Waals surface area contributed by atoms with E-state index in [0.29, 0.717) is 0 Å². The molecule has 0 saturated heterocycles. The molecule has 1 N–H and O–H groups in total. The van der Waals surface area contributed by atoms with E-state index < -0.39 is 0 Å². The van der Waals surface area contributed by atoms with Gasteiger partial charge in [-0.15, -0.1) is 0 Å². The van der Waals surface area contributed by atoms with Crippen LogP contribution < -0.4 is 0 Å². The van der Waals surface area contributed by atoms with Crippen molar-refractivity contribution in [3.8, 4) is 0 Å². The molecule has 2 rings (SSSR count). The van der Waals surface area contributed by atoms with Crippen molar-refractivity contribution in [1.82, 2.24) is 4.98 Å². The van der Waals surface area contributed by atoms with Gasteiger partial charge in [0.2, 0.25) is 0 Å². The van der Waals surface area contributed by atoms with Crippen LogP contribution in [0.25, 0.3) is 0 Å². The third-order valence-electron chi connectivity index (χ3n) is 3.08. The molecule has 0 spiro atoms. The first-order chi connectivity index (χ1) is 6.29. The minimum absolute atomic E-state index is 0.755. The van der Waals surface area contributed by atoms with Crippen LogP contribution >= 0.6 is 0 Å². The minimum Gasteiger partial charge on any atom is -0.367 e. The number of hydrogen-bond acceptors (Lipinski definition) is 0. The first-order valence-corrected chi connectivity index (χ1v) is 5.44. The number of aryl methyl sites for hydroxylation is 1. The molecular formula is C12H21N. The van der Waals surface area contributed by atoms with Crippen LogP contribution in [0.4, 0.5) is 0 Å². The van der Waals surface area contributed by atoms with Crippen molar-refractivity contribution in [2.45, 2.75) is 46.5 Å². The maximum atomic E-state index is 3.19. The molecule has 0 saturated carbocycles. The van der Waals surface area contributed by atoms with Crippen molar-refractivity contribution in [2.24, 2.45) is 5.92 Å². The lowest BCUT2D eigenvalue weighted by molar-refractivity contribution is 0.428. The standard InChI is InChI=1S/C10H15N.C2H6/c1-7-3-4-9-5-11-6-10(9)8(7)2;1-2/h5-8,11H,3-4H2,1-2H3;1-2H3. The average molecular weight is 179 g/mol. The number of rotatable bonds is 0. The summed E-state index contributed by atoms with van der Waals surface area (Å²) >= 11 is 0. The monoisotopic (exact) mass is 179 g/mol.